The number of carbonyl (C=O) groups is 2. The highest BCUT2D eigenvalue weighted by atomic mass is 16.2. The first-order valence-electron chi connectivity index (χ1n) is 11.3. The lowest BCUT2D eigenvalue weighted by atomic mass is 9.83. The second kappa shape index (κ2) is 9.54. The molecule has 28 heavy (non-hydrogen) atoms. The van der Waals surface area contributed by atoms with Gasteiger partial charge in [-0.05, 0) is 54.2 Å². The molecule has 2 aliphatic rings. The normalized spacial score (nSPS) is 23.7. The Bertz CT molecular complexity index is 718. The average molecular weight is 382 g/mol. The maximum absolute atomic E-state index is 12.7. The van der Waals surface area contributed by atoms with Gasteiger partial charge in [-0.1, -0.05) is 71.1 Å². The molecular formula is C25H35NO2. The fraction of sp³-hybridized carbons (Fsp3) is 0.600. The molecule has 0 saturated heterocycles. The van der Waals surface area contributed by atoms with Crippen LogP contribution in [0.25, 0.3) is 0 Å². The molecule has 3 heteroatoms. The molecule has 3 nitrogen and oxygen atoms in total. The van der Waals surface area contributed by atoms with Crippen LogP contribution in [0.5, 0.6) is 0 Å². The molecule has 3 rings (SSSR count). The number of fused-ring (bicyclic) bond motifs is 1. The minimum atomic E-state index is -0.135. The fourth-order valence-corrected chi connectivity index (χ4v) is 5.17. The van der Waals surface area contributed by atoms with E-state index in [9.17, 15) is 9.59 Å². The van der Waals surface area contributed by atoms with E-state index in [0.29, 0.717) is 11.8 Å². The zero-order chi connectivity index (χ0) is 20.1. The van der Waals surface area contributed by atoms with Crippen LogP contribution in [0, 0.1) is 5.92 Å². The molecule has 0 unspecified atom stereocenters. The number of aryl methyl sites for hydroxylation is 1. The van der Waals surface area contributed by atoms with Gasteiger partial charge in [-0.25, -0.2) is 0 Å². The van der Waals surface area contributed by atoms with E-state index in [1.807, 2.05) is 0 Å². The predicted octanol–water partition coefficient (Wildman–Crippen LogP) is 6.09. The average Bonchev–Trinajstić information content (AvgIpc) is 3.19. The van der Waals surface area contributed by atoms with Crippen molar-refractivity contribution in [2.24, 2.45) is 5.92 Å². The van der Waals surface area contributed by atoms with Gasteiger partial charge in [-0.2, -0.15) is 0 Å². The topological polar surface area (TPSA) is 37.4 Å². The van der Waals surface area contributed by atoms with Crippen molar-refractivity contribution < 1.29 is 9.59 Å². The summed E-state index contributed by atoms with van der Waals surface area (Å²) in [7, 11) is 0. The number of imide groups is 1. The number of rotatable bonds is 10. The van der Waals surface area contributed by atoms with Gasteiger partial charge in [0.25, 0.3) is 11.8 Å². The SMILES string of the molecule is CCCCc1cccc2c1[C@@H](N1C(=O)C=CC1=O)[C@@H](CCCC)[C@@H]2CCCC. The van der Waals surface area contributed by atoms with Crippen molar-refractivity contribution in [3.8, 4) is 0 Å². The summed E-state index contributed by atoms with van der Waals surface area (Å²) in [6.45, 7) is 6.67. The first kappa shape index (κ1) is 20.8. The molecule has 0 fully saturated rings. The molecule has 1 aromatic carbocycles. The van der Waals surface area contributed by atoms with Gasteiger partial charge in [0.2, 0.25) is 0 Å². The van der Waals surface area contributed by atoms with Gasteiger partial charge in [0.15, 0.2) is 0 Å². The molecule has 0 N–H and O–H groups in total. The molecule has 0 saturated carbocycles. The van der Waals surface area contributed by atoms with E-state index < -0.39 is 0 Å². The Kier molecular flexibility index (Phi) is 7.09. The summed E-state index contributed by atoms with van der Waals surface area (Å²) in [5, 5.41) is 0. The Hall–Kier alpha value is -1.90. The summed E-state index contributed by atoms with van der Waals surface area (Å²) in [5.41, 5.74) is 4.04. The van der Waals surface area contributed by atoms with Gasteiger partial charge in [-0.15, -0.1) is 0 Å². The van der Waals surface area contributed by atoms with Gasteiger partial charge in [0.1, 0.15) is 0 Å². The third kappa shape index (κ3) is 3.94. The number of amides is 2. The highest BCUT2D eigenvalue weighted by Gasteiger charge is 2.47. The smallest absolute Gasteiger partial charge is 0.254 e. The molecule has 2 amide bonds. The number of nitrogens with zero attached hydrogens (tertiary/aromatic N) is 1. The summed E-state index contributed by atoms with van der Waals surface area (Å²) in [6.07, 6.45) is 13.1. The number of benzene rings is 1. The standard InChI is InChI=1S/C25H35NO2/c1-4-7-11-18-12-10-15-20-19(13-8-5-2)21(14-9-6-3)25(24(18)20)26-22(27)16-17-23(26)28/h10,12,15-17,19,21,25H,4-9,11,13-14H2,1-3H3/t19-,21+,25+/m1/s1. The Labute approximate surface area is 170 Å². The van der Waals surface area contributed by atoms with Crippen molar-refractivity contribution in [1.82, 2.24) is 4.90 Å². The third-order valence-corrected chi connectivity index (χ3v) is 6.53. The quantitative estimate of drug-likeness (QED) is 0.460. The van der Waals surface area contributed by atoms with Gasteiger partial charge < -0.3 is 0 Å². The minimum Gasteiger partial charge on any atom is -0.269 e. The lowest BCUT2D eigenvalue weighted by Crippen LogP contribution is -2.37. The van der Waals surface area contributed by atoms with Crippen molar-refractivity contribution in [2.75, 3.05) is 0 Å². The van der Waals surface area contributed by atoms with Crippen LogP contribution in [0.4, 0.5) is 0 Å². The van der Waals surface area contributed by atoms with Crippen molar-refractivity contribution in [2.45, 2.75) is 90.5 Å². The first-order chi connectivity index (χ1) is 13.6. The van der Waals surface area contributed by atoms with Crippen LogP contribution >= 0.6 is 0 Å². The van der Waals surface area contributed by atoms with Crippen LogP contribution in [0.1, 0.15) is 101 Å². The lowest BCUT2D eigenvalue weighted by molar-refractivity contribution is -0.141. The summed E-state index contributed by atoms with van der Waals surface area (Å²) in [6, 6.07) is 6.58. The van der Waals surface area contributed by atoms with E-state index in [1.165, 1.54) is 41.7 Å². The Balaban J connectivity index is 2.08. The maximum atomic E-state index is 12.7. The summed E-state index contributed by atoms with van der Waals surface area (Å²) in [5.74, 6) is 0.527. The Morgan fingerprint density at radius 2 is 1.50 bits per heavy atom. The second-order valence-electron chi connectivity index (χ2n) is 8.40. The van der Waals surface area contributed by atoms with Crippen LogP contribution in [0.2, 0.25) is 0 Å². The van der Waals surface area contributed by atoms with Gasteiger partial charge >= 0.3 is 0 Å². The molecule has 1 aliphatic heterocycles. The van der Waals surface area contributed by atoms with Crippen LogP contribution in [0.3, 0.4) is 0 Å². The monoisotopic (exact) mass is 381 g/mol. The molecule has 0 radical (unpaired) electrons. The zero-order valence-electron chi connectivity index (χ0n) is 17.7. The van der Waals surface area contributed by atoms with Gasteiger partial charge in [0.05, 0.1) is 6.04 Å². The largest absolute Gasteiger partial charge is 0.269 e. The van der Waals surface area contributed by atoms with Gasteiger partial charge in [0, 0.05) is 12.2 Å². The highest BCUT2D eigenvalue weighted by molar-refractivity contribution is 6.13. The molecule has 3 atom stereocenters. The molecular weight excluding hydrogens is 346 g/mol. The van der Waals surface area contributed by atoms with E-state index in [4.69, 9.17) is 0 Å². The summed E-state index contributed by atoms with van der Waals surface area (Å²) in [4.78, 5) is 26.9. The van der Waals surface area contributed by atoms with Gasteiger partial charge in [-0.3, -0.25) is 14.5 Å². The number of hydrogen-bond acceptors (Lipinski definition) is 2. The number of hydrogen-bond donors (Lipinski definition) is 0. The molecule has 0 bridgehead atoms. The summed E-state index contributed by atoms with van der Waals surface area (Å²) < 4.78 is 0. The van der Waals surface area contributed by atoms with E-state index in [0.717, 1.165) is 44.9 Å². The number of unbranched alkanes of at least 4 members (excludes halogenated alkanes) is 3. The Morgan fingerprint density at radius 1 is 0.857 bits per heavy atom. The molecule has 1 aromatic rings. The third-order valence-electron chi connectivity index (χ3n) is 6.53. The Morgan fingerprint density at radius 3 is 2.14 bits per heavy atom. The highest BCUT2D eigenvalue weighted by Crippen LogP contribution is 2.54. The van der Waals surface area contributed by atoms with Crippen LogP contribution in [0.15, 0.2) is 30.4 Å². The first-order valence-corrected chi connectivity index (χ1v) is 11.3. The van der Waals surface area contributed by atoms with E-state index in [2.05, 4.69) is 39.0 Å². The van der Waals surface area contributed by atoms with Crippen molar-refractivity contribution in [1.29, 1.82) is 0 Å². The van der Waals surface area contributed by atoms with Crippen LogP contribution < -0.4 is 0 Å². The minimum absolute atomic E-state index is 0.0912. The molecule has 0 aromatic heterocycles. The molecule has 1 aliphatic carbocycles. The van der Waals surface area contributed by atoms with Crippen molar-refractivity contribution >= 4 is 11.8 Å². The lowest BCUT2D eigenvalue weighted by Gasteiger charge is -2.32. The van der Waals surface area contributed by atoms with E-state index >= 15 is 0 Å². The van der Waals surface area contributed by atoms with Crippen molar-refractivity contribution in [3.63, 3.8) is 0 Å². The predicted molar refractivity (Wildman–Crippen MR) is 114 cm³/mol. The van der Waals surface area contributed by atoms with Crippen molar-refractivity contribution in [3.05, 3.63) is 47.0 Å². The van der Waals surface area contributed by atoms with Crippen LogP contribution in [-0.2, 0) is 16.0 Å². The molecule has 0 spiro atoms. The fourth-order valence-electron chi connectivity index (χ4n) is 5.17. The van der Waals surface area contributed by atoms with E-state index in [-0.39, 0.29) is 17.9 Å². The molecule has 152 valence electrons. The maximum Gasteiger partial charge on any atom is 0.254 e. The zero-order valence-corrected chi connectivity index (χ0v) is 17.7. The number of carbonyl (C=O) groups excluding carboxylic acids is 2. The van der Waals surface area contributed by atoms with Crippen LogP contribution in [-0.4, -0.2) is 16.7 Å². The second-order valence-corrected chi connectivity index (χ2v) is 8.40. The molecule has 1 heterocycles. The van der Waals surface area contributed by atoms with E-state index in [1.54, 1.807) is 4.90 Å². The summed E-state index contributed by atoms with van der Waals surface area (Å²) >= 11 is 0.